The number of nitrogens with zero attached hydrogens (tertiary/aromatic N) is 3. The number of likely N-dealkylation sites (tertiary alicyclic amines) is 2. The molecule has 2 aliphatic heterocycles. The van der Waals surface area contributed by atoms with Crippen molar-refractivity contribution in [2.75, 3.05) is 45.0 Å². The molecule has 138 valence electrons. The lowest BCUT2D eigenvalue weighted by atomic mass is 10.2. The van der Waals surface area contributed by atoms with Gasteiger partial charge in [0.15, 0.2) is 5.96 Å². The summed E-state index contributed by atoms with van der Waals surface area (Å²) >= 11 is 0. The minimum atomic E-state index is -0.976. The third-order valence-corrected chi connectivity index (χ3v) is 6.35. The Kier molecular flexibility index (Phi) is 6.87. The van der Waals surface area contributed by atoms with E-state index in [4.69, 9.17) is 4.99 Å². The summed E-state index contributed by atoms with van der Waals surface area (Å²) in [5.74, 6) is 1.55. The Labute approximate surface area is 154 Å². The highest BCUT2D eigenvalue weighted by Crippen LogP contribution is 2.20. The number of guanidine groups is 1. The van der Waals surface area contributed by atoms with E-state index in [2.05, 4.69) is 22.0 Å². The van der Waals surface area contributed by atoms with Crippen LogP contribution in [0.1, 0.15) is 26.2 Å². The zero-order chi connectivity index (χ0) is 17.5. The molecular formula is C19H30N4OS. The summed E-state index contributed by atoms with van der Waals surface area (Å²) in [6, 6.07) is 10.3. The van der Waals surface area contributed by atoms with Gasteiger partial charge >= 0.3 is 0 Å². The SMILES string of the molecule is CCNC(=NCCS(=O)c1ccccc1)N1CCC(N2CCCC2)C1. The molecule has 1 aromatic carbocycles. The van der Waals surface area contributed by atoms with Crippen LogP contribution in [0.15, 0.2) is 40.2 Å². The van der Waals surface area contributed by atoms with Crippen molar-refractivity contribution in [2.24, 2.45) is 4.99 Å². The van der Waals surface area contributed by atoms with Gasteiger partial charge in [0.25, 0.3) is 0 Å². The van der Waals surface area contributed by atoms with E-state index in [0.717, 1.165) is 30.5 Å². The Balaban J connectivity index is 1.53. The molecule has 2 fully saturated rings. The molecule has 3 rings (SSSR count). The highest BCUT2D eigenvalue weighted by atomic mass is 32.2. The predicted octanol–water partition coefficient (Wildman–Crippen LogP) is 1.93. The Morgan fingerprint density at radius 1 is 1.24 bits per heavy atom. The molecule has 0 radical (unpaired) electrons. The highest BCUT2D eigenvalue weighted by molar-refractivity contribution is 7.85. The molecule has 1 aromatic rings. The van der Waals surface area contributed by atoms with Gasteiger partial charge in [0.05, 0.1) is 17.3 Å². The number of aliphatic imine (C=N–C) groups is 1. The van der Waals surface area contributed by atoms with E-state index < -0.39 is 10.8 Å². The second kappa shape index (κ2) is 9.34. The van der Waals surface area contributed by atoms with Crippen LogP contribution in [0.4, 0.5) is 0 Å². The molecule has 1 N–H and O–H groups in total. The Hall–Kier alpha value is -1.40. The van der Waals surface area contributed by atoms with E-state index in [-0.39, 0.29) is 0 Å². The first-order valence-corrected chi connectivity index (χ1v) is 10.8. The van der Waals surface area contributed by atoms with Crippen LogP contribution in [-0.2, 0) is 10.8 Å². The summed E-state index contributed by atoms with van der Waals surface area (Å²) in [4.78, 5) is 10.6. The van der Waals surface area contributed by atoms with Crippen LogP contribution in [0.25, 0.3) is 0 Å². The zero-order valence-corrected chi connectivity index (χ0v) is 16.0. The molecule has 2 unspecified atom stereocenters. The average Bonchev–Trinajstić information content (AvgIpc) is 3.33. The van der Waals surface area contributed by atoms with Gasteiger partial charge in [-0.25, -0.2) is 0 Å². The fourth-order valence-electron chi connectivity index (χ4n) is 3.69. The first-order chi connectivity index (χ1) is 12.3. The fraction of sp³-hybridized carbons (Fsp3) is 0.632. The quantitative estimate of drug-likeness (QED) is 0.621. The lowest BCUT2D eigenvalue weighted by molar-refractivity contribution is 0.249. The lowest BCUT2D eigenvalue weighted by Crippen LogP contribution is -2.42. The summed E-state index contributed by atoms with van der Waals surface area (Å²) in [5.41, 5.74) is 0. The van der Waals surface area contributed by atoms with Gasteiger partial charge in [-0.3, -0.25) is 14.1 Å². The van der Waals surface area contributed by atoms with Crippen LogP contribution >= 0.6 is 0 Å². The van der Waals surface area contributed by atoms with Crippen molar-refractivity contribution in [1.29, 1.82) is 0 Å². The first kappa shape index (κ1) is 18.4. The van der Waals surface area contributed by atoms with Gasteiger partial charge in [-0.05, 0) is 51.4 Å². The number of hydrogen-bond donors (Lipinski definition) is 1. The van der Waals surface area contributed by atoms with Gasteiger partial charge in [-0.2, -0.15) is 0 Å². The van der Waals surface area contributed by atoms with Crippen molar-refractivity contribution in [3.63, 3.8) is 0 Å². The van der Waals surface area contributed by atoms with Gasteiger partial charge in [-0.1, -0.05) is 18.2 Å². The summed E-state index contributed by atoms with van der Waals surface area (Å²) in [5, 5.41) is 3.41. The van der Waals surface area contributed by atoms with Crippen LogP contribution in [0, 0.1) is 0 Å². The van der Waals surface area contributed by atoms with Crippen LogP contribution < -0.4 is 5.32 Å². The van der Waals surface area contributed by atoms with E-state index in [1.807, 2.05) is 30.3 Å². The van der Waals surface area contributed by atoms with Crippen LogP contribution in [0.5, 0.6) is 0 Å². The van der Waals surface area contributed by atoms with E-state index in [1.165, 1.54) is 32.4 Å². The molecule has 6 heteroatoms. The van der Waals surface area contributed by atoms with Crippen LogP contribution in [-0.4, -0.2) is 71.0 Å². The molecule has 2 heterocycles. The van der Waals surface area contributed by atoms with Gasteiger partial charge < -0.3 is 10.2 Å². The topological polar surface area (TPSA) is 47.9 Å². The zero-order valence-electron chi connectivity index (χ0n) is 15.2. The normalized spacial score (nSPS) is 23.2. The summed E-state index contributed by atoms with van der Waals surface area (Å²) < 4.78 is 12.3. The minimum absolute atomic E-state index is 0.572. The highest BCUT2D eigenvalue weighted by Gasteiger charge is 2.30. The number of nitrogens with one attached hydrogen (secondary N) is 1. The molecule has 0 bridgehead atoms. The molecule has 2 aliphatic rings. The predicted molar refractivity (Wildman–Crippen MR) is 104 cm³/mol. The number of hydrogen-bond acceptors (Lipinski definition) is 3. The van der Waals surface area contributed by atoms with Crippen LogP contribution in [0.3, 0.4) is 0 Å². The Morgan fingerprint density at radius 3 is 2.72 bits per heavy atom. The van der Waals surface area contributed by atoms with Crippen molar-refractivity contribution >= 4 is 16.8 Å². The second-order valence-electron chi connectivity index (χ2n) is 6.73. The average molecular weight is 363 g/mol. The van der Waals surface area contributed by atoms with Crippen molar-refractivity contribution in [3.8, 4) is 0 Å². The van der Waals surface area contributed by atoms with Crippen molar-refractivity contribution in [3.05, 3.63) is 30.3 Å². The van der Waals surface area contributed by atoms with Gasteiger partial charge in [0, 0.05) is 36.3 Å². The lowest BCUT2D eigenvalue weighted by Gasteiger charge is -2.25. The third-order valence-electron chi connectivity index (χ3n) is 5.00. The molecule has 2 saturated heterocycles. The first-order valence-electron chi connectivity index (χ1n) is 9.48. The number of rotatable bonds is 6. The van der Waals surface area contributed by atoms with E-state index in [0.29, 0.717) is 18.3 Å². The molecule has 2 atom stereocenters. The van der Waals surface area contributed by atoms with Crippen molar-refractivity contribution < 1.29 is 4.21 Å². The molecule has 25 heavy (non-hydrogen) atoms. The fourth-order valence-corrected chi connectivity index (χ4v) is 4.64. The Morgan fingerprint density at radius 2 is 2.00 bits per heavy atom. The number of benzene rings is 1. The van der Waals surface area contributed by atoms with E-state index in [1.54, 1.807) is 0 Å². The van der Waals surface area contributed by atoms with E-state index >= 15 is 0 Å². The van der Waals surface area contributed by atoms with Gasteiger partial charge in [0.2, 0.25) is 0 Å². The second-order valence-corrected chi connectivity index (χ2v) is 8.30. The van der Waals surface area contributed by atoms with Crippen molar-refractivity contribution in [1.82, 2.24) is 15.1 Å². The smallest absolute Gasteiger partial charge is 0.193 e. The monoisotopic (exact) mass is 362 g/mol. The summed E-state index contributed by atoms with van der Waals surface area (Å²) in [6.45, 7) is 8.19. The largest absolute Gasteiger partial charge is 0.357 e. The van der Waals surface area contributed by atoms with E-state index in [9.17, 15) is 4.21 Å². The Bertz CT molecular complexity index is 586. The molecule has 0 spiro atoms. The van der Waals surface area contributed by atoms with Gasteiger partial charge in [-0.15, -0.1) is 0 Å². The summed E-state index contributed by atoms with van der Waals surface area (Å²) in [7, 11) is -0.976. The maximum atomic E-state index is 12.3. The third kappa shape index (κ3) is 5.05. The summed E-state index contributed by atoms with van der Waals surface area (Å²) in [6.07, 6.45) is 3.91. The molecule has 0 saturated carbocycles. The maximum absolute atomic E-state index is 12.3. The standard InChI is InChI=1S/C19H30N4OS/c1-2-20-19(21-11-15-25(24)18-8-4-3-5-9-18)23-14-10-17(16-23)22-12-6-7-13-22/h3-5,8-9,17H,2,6-7,10-16H2,1H3,(H,20,21). The molecular weight excluding hydrogens is 332 g/mol. The van der Waals surface area contributed by atoms with Gasteiger partial charge in [0.1, 0.15) is 0 Å². The van der Waals surface area contributed by atoms with Crippen LogP contribution in [0.2, 0.25) is 0 Å². The molecule has 0 aromatic heterocycles. The minimum Gasteiger partial charge on any atom is -0.357 e. The van der Waals surface area contributed by atoms with Crippen molar-refractivity contribution in [2.45, 2.75) is 37.1 Å². The molecule has 0 aliphatic carbocycles. The molecule has 0 amide bonds. The maximum Gasteiger partial charge on any atom is 0.193 e. The molecule has 5 nitrogen and oxygen atoms in total.